The van der Waals surface area contributed by atoms with Gasteiger partial charge in [0.15, 0.2) is 0 Å². The van der Waals surface area contributed by atoms with Gasteiger partial charge in [0.05, 0.1) is 13.2 Å². The lowest BCUT2D eigenvalue weighted by atomic mass is 10.1. The molecule has 1 unspecified atom stereocenters. The van der Waals surface area contributed by atoms with Crippen molar-refractivity contribution < 1.29 is 4.74 Å². The third kappa shape index (κ3) is 3.11. The molecule has 0 aliphatic heterocycles. The maximum absolute atomic E-state index is 5.66. The summed E-state index contributed by atoms with van der Waals surface area (Å²) in [5, 5.41) is 2.01. The number of nitrogens with two attached hydrogens (primary N) is 1. The largest absolute Gasteiger partial charge is 0.496 e. The number of thiophene rings is 2. The van der Waals surface area contributed by atoms with Crippen molar-refractivity contribution in [1.82, 2.24) is 5.43 Å². The summed E-state index contributed by atoms with van der Waals surface area (Å²) in [6.45, 7) is 2.18. The van der Waals surface area contributed by atoms with Crippen LogP contribution in [0.5, 0.6) is 5.75 Å². The van der Waals surface area contributed by atoms with Crippen molar-refractivity contribution in [2.45, 2.75) is 25.8 Å². The van der Waals surface area contributed by atoms with E-state index >= 15 is 0 Å². The number of aryl methyl sites for hydroxylation is 1. The average molecular weight is 282 g/mol. The van der Waals surface area contributed by atoms with Gasteiger partial charge in [-0.2, -0.15) is 0 Å². The van der Waals surface area contributed by atoms with Gasteiger partial charge in [-0.1, -0.05) is 6.92 Å². The van der Waals surface area contributed by atoms with E-state index in [-0.39, 0.29) is 6.04 Å². The Bertz CT molecular complexity index is 493. The Balaban J connectivity index is 2.08. The molecule has 18 heavy (non-hydrogen) atoms. The molecule has 0 spiro atoms. The van der Waals surface area contributed by atoms with Gasteiger partial charge in [-0.15, -0.1) is 22.7 Å². The molecule has 0 fully saturated rings. The molecule has 98 valence electrons. The summed E-state index contributed by atoms with van der Waals surface area (Å²) in [4.78, 5) is 3.99. The summed E-state index contributed by atoms with van der Waals surface area (Å²) in [5.41, 5.74) is 2.89. The molecule has 3 N–H and O–H groups in total. The second kappa shape index (κ2) is 6.33. The van der Waals surface area contributed by atoms with Gasteiger partial charge in [0, 0.05) is 26.4 Å². The number of ether oxygens (including phenoxy) is 1. The van der Waals surface area contributed by atoms with Crippen molar-refractivity contribution in [3.8, 4) is 5.75 Å². The summed E-state index contributed by atoms with van der Waals surface area (Å²) in [5.74, 6) is 6.56. The Kier molecular flexibility index (Phi) is 4.77. The molecule has 0 aliphatic rings. The molecule has 0 saturated carbocycles. The van der Waals surface area contributed by atoms with Crippen LogP contribution in [0.2, 0.25) is 0 Å². The third-order valence-corrected chi connectivity index (χ3v) is 5.12. The Morgan fingerprint density at radius 2 is 2.17 bits per heavy atom. The Hall–Kier alpha value is -0.880. The van der Waals surface area contributed by atoms with Gasteiger partial charge in [-0.3, -0.25) is 11.3 Å². The number of nitrogens with one attached hydrogen (secondary N) is 1. The zero-order chi connectivity index (χ0) is 13.0. The summed E-state index contributed by atoms with van der Waals surface area (Å²) < 4.78 is 5.21. The van der Waals surface area contributed by atoms with E-state index in [1.807, 2.05) is 22.8 Å². The highest BCUT2D eigenvalue weighted by Gasteiger charge is 2.14. The maximum atomic E-state index is 5.66. The average Bonchev–Trinajstić information content (AvgIpc) is 3.04. The number of hydrazine groups is 1. The first-order valence-electron chi connectivity index (χ1n) is 5.93. The van der Waals surface area contributed by atoms with Crippen LogP contribution < -0.4 is 16.0 Å². The lowest BCUT2D eigenvalue weighted by Crippen LogP contribution is -2.28. The minimum absolute atomic E-state index is 0.155. The summed E-state index contributed by atoms with van der Waals surface area (Å²) >= 11 is 3.54. The summed E-state index contributed by atoms with van der Waals surface area (Å²) in [6.07, 6.45) is 2.02. The van der Waals surface area contributed by atoms with Crippen molar-refractivity contribution in [3.63, 3.8) is 0 Å². The van der Waals surface area contributed by atoms with Gasteiger partial charge in [0.25, 0.3) is 0 Å². The second-order valence-corrected chi connectivity index (χ2v) is 6.23. The minimum atomic E-state index is 0.155. The van der Waals surface area contributed by atoms with Gasteiger partial charge in [-0.25, -0.2) is 0 Å². The van der Waals surface area contributed by atoms with Crippen LogP contribution in [0.1, 0.15) is 27.6 Å². The first-order valence-corrected chi connectivity index (χ1v) is 7.62. The predicted octanol–water partition coefficient (Wildman–Crippen LogP) is 3.13. The quantitative estimate of drug-likeness (QED) is 0.632. The van der Waals surface area contributed by atoms with E-state index in [2.05, 4.69) is 24.5 Å². The molecule has 2 heterocycles. The monoisotopic (exact) mass is 282 g/mol. The molecule has 2 aromatic heterocycles. The molecule has 0 saturated heterocycles. The fourth-order valence-corrected chi connectivity index (χ4v) is 3.71. The van der Waals surface area contributed by atoms with E-state index in [0.717, 1.165) is 18.6 Å². The smallest absolute Gasteiger partial charge is 0.129 e. The first-order chi connectivity index (χ1) is 8.76. The molecular formula is C13H18N2OS2. The number of rotatable bonds is 6. The summed E-state index contributed by atoms with van der Waals surface area (Å²) in [6, 6.07) is 6.59. The normalized spacial score (nSPS) is 12.6. The highest BCUT2D eigenvalue weighted by molar-refractivity contribution is 7.12. The van der Waals surface area contributed by atoms with Crippen LogP contribution in [0.4, 0.5) is 0 Å². The van der Waals surface area contributed by atoms with E-state index in [1.165, 1.54) is 14.6 Å². The fraction of sp³-hybridized carbons (Fsp3) is 0.385. The van der Waals surface area contributed by atoms with E-state index in [0.29, 0.717) is 0 Å². The molecule has 5 heteroatoms. The van der Waals surface area contributed by atoms with Crippen LogP contribution in [0.3, 0.4) is 0 Å². The van der Waals surface area contributed by atoms with E-state index in [9.17, 15) is 0 Å². The molecule has 2 aromatic rings. The lowest BCUT2D eigenvalue weighted by molar-refractivity contribution is 0.415. The minimum Gasteiger partial charge on any atom is -0.496 e. The van der Waals surface area contributed by atoms with Crippen molar-refractivity contribution in [1.29, 1.82) is 0 Å². The first kappa shape index (κ1) is 13.5. The molecule has 3 nitrogen and oxygen atoms in total. The summed E-state index contributed by atoms with van der Waals surface area (Å²) in [7, 11) is 1.68. The Labute approximate surface area is 116 Å². The molecule has 0 radical (unpaired) electrons. The fourth-order valence-electron chi connectivity index (χ4n) is 1.79. The predicted molar refractivity (Wildman–Crippen MR) is 78.3 cm³/mol. The van der Waals surface area contributed by atoms with Crippen LogP contribution in [-0.4, -0.2) is 7.11 Å². The molecule has 0 amide bonds. The van der Waals surface area contributed by atoms with Crippen molar-refractivity contribution in [2.24, 2.45) is 5.84 Å². The highest BCUT2D eigenvalue weighted by Crippen LogP contribution is 2.30. The molecular weight excluding hydrogens is 264 g/mol. The number of methoxy groups -OCH3 is 1. The van der Waals surface area contributed by atoms with Crippen molar-refractivity contribution >= 4 is 22.7 Å². The number of hydrogen-bond donors (Lipinski definition) is 2. The molecule has 0 aromatic carbocycles. The third-order valence-electron chi connectivity index (χ3n) is 2.85. The zero-order valence-electron chi connectivity index (χ0n) is 10.6. The standard InChI is InChI=1S/C13H18N2OS2/c1-3-10-4-5-11(18-10)7-12(15-14)13-6-9(16-2)8-17-13/h4-6,8,12,15H,3,7,14H2,1-2H3. The number of hydrogen-bond acceptors (Lipinski definition) is 5. The van der Waals surface area contributed by atoms with E-state index in [1.54, 1.807) is 18.4 Å². The van der Waals surface area contributed by atoms with Gasteiger partial charge >= 0.3 is 0 Å². The van der Waals surface area contributed by atoms with Gasteiger partial charge in [0.2, 0.25) is 0 Å². The van der Waals surface area contributed by atoms with Crippen LogP contribution in [-0.2, 0) is 12.8 Å². The van der Waals surface area contributed by atoms with Crippen LogP contribution in [0.25, 0.3) is 0 Å². The zero-order valence-corrected chi connectivity index (χ0v) is 12.2. The van der Waals surface area contributed by atoms with Gasteiger partial charge < -0.3 is 4.74 Å². The van der Waals surface area contributed by atoms with Crippen LogP contribution >= 0.6 is 22.7 Å². The lowest BCUT2D eigenvalue weighted by Gasteiger charge is -2.12. The topological polar surface area (TPSA) is 47.3 Å². The Morgan fingerprint density at radius 3 is 2.72 bits per heavy atom. The second-order valence-electron chi connectivity index (χ2n) is 4.03. The van der Waals surface area contributed by atoms with Crippen LogP contribution in [0, 0.1) is 0 Å². The maximum Gasteiger partial charge on any atom is 0.129 e. The van der Waals surface area contributed by atoms with E-state index < -0.39 is 0 Å². The molecule has 0 aliphatic carbocycles. The van der Waals surface area contributed by atoms with Crippen molar-refractivity contribution in [3.05, 3.63) is 38.2 Å². The molecule has 1 atom stereocenters. The Morgan fingerprint density at radius 1 is 1.39 bits per heavy atom. The van der Waals surface area contributed by atoms with Gasteiger partial charge in [0.1, 0.15) is 5.75 Å². The molecule has 2 rings (SSSR count). The van der Waals surface area contributed by atoms with Crippen LogP contribution in [0.15, 0.2) is 23.6 Å². The molecule has 0 bridgehead atoms. The van der Waals surface area contributed by atoms with Gasteiger partial charge in [-0.05, 0) is 24.6 Å². The van der Waals surface area contributed by atoms with E-state index in [4.69, 9.17) is 10.6 Å². The SMILES string of the molecule is CCc1ccc(CC(NN)c2cc(OC)cs2)s1. The highest BCUT2D eigenvalue weighted by atomic mass is 32.1. The van der Waals surface area contributed by atoms with Crippen molar-refractivity contribution in [2.75, 3.05) is 7.11 Å².